The van der Waals surface area contributed by atoms with E-state index in [0.29, 0.717) is 5.75 Å². The summed E-state index contributed by atoms with van der Waals surface area (Å²) in [5.74, 6) is -0.0550. The molecular formula is C24H30O5. The zero-order valence-corrected chi connectivity index (χ0v) is 18.3. The Morgan fingerprint density at radius 3 is 1.90 bits per heavy atom. The average molecular weight is 398 g/mol. The minimum Gasteiger partial charge on any atom is -0.462 e. The number of hydrogen-bond acceptors (Lipinski definition) is 5. The van der Waals surface area contributed by atoms with Crippen molar-refractivity contribution in [3.05, 3.63) is 59.2 Å². The molecule has 2 rings (SSSR count). The maximum atomic E-state index is 12.4. The van der Waals surface area contributed by atoms with E-state index < -0.39 is 12.1 Å². The molecule has 0 aliphatic carbocycles. The van der Waals surface area contributed by atoms with Crippen molar-refractivity contribution in [2.45, 2.75) is 59.3 Å². The molecule has 0 saturated heterocycles. The standard InChI is InChI=1S/C24H30O5/c1-8-27-21(25)19-11-9-10-12-20(19)29-22(26)28-18-14-16(23(2,3)4)13-17(15-18)24(5,6)7/h9-15H,8H2,1-7H3. The maximum absolute atomic E-state index is 12.4. The number of esters is 1. The van der Waals surface area contributed by atoms with Crippen molar-refractivity contribution in [2.75, 3.05) is 6.61 Å². The van der Waals surface area contributed by atoms with Gasteiger partial charge in [0.05, 0.1) is 6.61 Å². The molecule has 0 aromatic heterocycles. The van der Waals surface area contributed by atoms with Crippen LogP contribution in [0.5, 0.6) is 11.5 Å². The van der Waals surface area contributed by atoms with Crippen molar-refractivity contribution in [3.63, 3.8) is 0 Å². The van der Waals surface area contributed by atoms with Crippen LogP contribution in [-0.4, -0.2) is 18.7 Å². The number of carbonyl (C=O) groups excluding carboxylic acids is 2. The van der Waals surface area contributed by atoms with Gasteiger partial charge in [-0.2, -0.15) is 0 Å². The van der Waals surface area contributed by atoms with Crippen LogP contribution in [0, 0.1) is 0 Å². The second-order valence-corrected chi connectivity index (χ2v) is 8.92. The lowest BCUT2D eigenvalue weighted by atomic mass is 9.80. The number of rotatable bonds is 4. The van der Waals surface area contributed by atoms with Crippen LogP contribution in [0.3, 0.4) is 0 Å². The molecule has 0 spiro atoms. The van der Waals surface area contributed by atoms with E-state index in [1.165, 1.54) is 6.07 Å². The van der Waals surface area contributed by atoms with Crippen LogP contribution >= 0.6 is 0 Å². The summed E-state index contributed by atoms with van der Waals surface area (Å²) in [4.78, 5) is 24.5. The Labute approximate surface area is 173 Å². The lowest BCUT2D eigenvalue weighted by Gasteiger charge is -2.25. The van der Waals surface area contributed by atoms with Crippen molar-refractivity contribution in [3.8, 4) is 11.5 Å². The smallest absolute Gasteiger partial charge is 0.462 e. The first-order valence-corrected chi connectivity index (χ1v) is 9.73. The summed E-state index contributed by atoms with van der Waals surface area (Å²) in [7, 11) is 0. The highest BCUT2D eigenvalue weighted by Crippen LogP contribution is 2.33. The topological polar surface area (TPSA) is 61.8 Å². The van der Waals surface area contributed by atoms with Crippen LogP contribution in [0.25, 0.3) is 0 Å². The number of para-hydroxylation sites is 1. The molecule has 29 heavy (non-hydrogen) atoms. The number of carbonyl (C=O) groups is 2. The second kappa shape index (κ2) is 8.68. The van der Waals surface area contributed by atoms with E-state index in [4.69, 9.17) is 14.2 Å². The molecule has 0 radical (unpaired) electrons. The normalized spacial score (nSPS) is 11.7. The Morgan fingerprint density at radius 2 is 1.38 bits per heavy atom. The molecule has 0 aliphatic rings. The zero-order chi connectivity index (χ0) is 21.8. The van der Waals surface area contributed by atoms with Gasteiger partial charge in [0.25, 0.3) is 0 Å². The zero-order valence-electron chi connectivity index (χ0n) is 18.3. The largest absolute Gasteiger partial charge is 0.519 e. The first-order chi connectivity index (χ1) is 13.4. The van der Waals surface area contributed by atoms with Gasteiger partial charge in [0.2, 0.25) is 0 Å². The predicted molar refractivity (Wildman–Crippen MR) is 113 cm³/mol. The van der Waals surface area contributed by atoms with Gasteiger partial charge in [0.15, 0.2) is 0 Å². The van der Waals surface area contributed by atoms with E-state index in [9.17, 15) is 9.59 Å². The van der Waals surface area contributed by atoms with Crippen molar-refractivity contribution < 1.29 is 23.8 Å². The molecule has 2 aromatic carbocycles. The van der Waals surface area contributed by atoms with E-state index >= 15 is 0 Å². The van der Waals surface area contributed by atoms with Crippen LogP contribution in [0.2, 0.25) is 0 Å². The highest BCUT2D eigenvalue weighted by atomic mass is 16.7. The molecule has 0 amide bonds. The Kier molecular flexibility index (Phi) is 6.73. The highest BCUT2D eigenvalue weighted by molar-refractivity contribution is 5.93. The Hall–Kier alpha value is -2.82. The van der Waals surface area contributed by atoms with E-state index in [2.05, 4.69) is 47.6 Å². The SMILES string of the molecule is CCOC(=O)c1ccccc1OC(=O)Oc1cc(C(C)(C)C)cc(C(C)(C)C)c1. The van der Waals surface area contributed by atoms with Gasteiger partial charge in [-0.05, 0) is 53.1 Å². The average Bonchev–Trinajstić information content (AvgIpc) is 2.60. The number of ether oxygens (including phenoxy) is 3. The molecule has 0 saturated carbocycles. The molecule has 5 heteroatoms. The van der Waals surface area contributed by atoms with Gasteiger partial charge in [0, 0.05) is 0 Å². The summed E-state index contributed by atoms with van der Waals surface area (Å²) in [6, 6.07) is 12.2. The molecule has 0 N–H and O–H groups in total. The summed E-state index contributed by atoms with van der Waals surface area (Å²) in [5, 5.41) is 0. The third-order valence-corrected chi connectivity index (χ3v) is 4.42. The molecule has 156 valence electrons. The number of hydrogen-bond donors (Lipinski definition) is 0. The Balaban J connectivity index is 2.29. The van der Waals surface area contributed by atoms with E-state index in [1.807, 2.05) is 12.1 Å². The number of benzene rings is 2. The molecule has 2 aromatic rings. The second-order valence-electron chi connectivity index (χ2n) is 8.92. The van der Waals surface area contributed by atoms with Crippen molar-refractivity contribution in [1.29, 1.82) is 0 Å². The lowest BCUT2D eigenvalue weighted by molar-refractivity contribution is 0.0522. The monoisotopic (exact) mass is 398 g/mol. The van der Waals surface area contributed by atoms with Crippen LogP contribution in [0.1, 0.15) is 70.0 Å². The van der Waals surface area contributed by atoms with E-state index in [0.717, 1.165) is 11.1 Å². The fraction of sp³-hybridized carbons (Fsp3) is 0.417. The fourth-order valence-corrected chi connectivity index (χ4v) is 2.66. The maximum Gasteiger partial charge on any atom is 0.519 e. The minimum absolute atomic E-state index is 0.0963. The quantitative estimate of drug-likeness (QED) is 0.464. The molecule has 0 atom stereocenters. The third kappa shape index (κ3) is 6.08. The molecule has 0 aliphatic heterocycles. The Morgan fingerprint density at radius 1 is 0.828 bits per heavy atom. The first-order valence-electron chi connectivity index (χ1n) is 9.73. The van der Waals surface area contributed by atoms with Gasteiger partial charge >= 0.3 is 12.1 Å². The van der Waals surface area contributed by atoms with Crippen molar-refractivity contribution in [2.24, 2.45) is 0 Å². The molecule has 0 fully saturated rings. The Bertz CT molecular complexity index is 853. The molecule has 0 bridgehead atoms. The summed E-state index contributed by atoms with van der Waals surface area (Å²) < 4.78 is 15.8. The van der Waals surface area contributed by atoms with Crippen LogP contribution in [0.15, 0.2) is 42.5 Å². The fourth-order valence-electron chi connectivity index (χ4n) is 2.66. The van der Waals surface area contributed by atoms with E-state index in [1.54, 1.807) is 25.1 Å². The minimum atomic E-state index is -0.910. The van der Waals surface area contributed by atoms with Crippen LogP contribution < -0.4 is 9.47 Å². The van der Waals surface area contributed by atoms with Crippen molar-refractivity contribution >= 4 is 12.1 Å². The highest BCUT2D eigenvalue weighted by Gasteiger charge is 2.23. The summed E-state index contributed by atoms with van der Waals surface area (Å²) in [6.07, 6.45) is -0.910. The molecule has 0 unspecified atom stereocenters. The first kappa shape index (κ1) is 22.5. The molecular weight excluding hydrogens is 368 g/mol. The molecule has 0 heterocycles. The predicted octanol–water partition coefficient (Wildman–Crippen LogP) is 6.04. The van der Waals surface area contributed by atoms with Gasteiger partial charge < -0.3 is 14.2 Å². The van der Waals surface area contributed by atoms with Crippen LogP contribution in [-0.2, 0) is 15.6 Å². The molecule has 5 nitrogen and oxygen atoms in total. The van der Waals surface area contributed by atoms with Gasteiger partial charge in [0.1, 0.15) is 17.1 Å². The summed E-state index contributed by atoms with van der Waals surface area (Å²) in [5.41, 5.74) is 2.06. The van der Waals surface area contributed by atoms with Crippen molar-refractivity contribution in [1.82, 2.24) is 0 Å². The van der Waals surface area contributed by atoms with Gasteiger partial charge in [-0.1, -0.05) is 59.7 Å². The summed E-state index contributed by atoms with van der Waals surface area (Å²) in [6.45, 7) is 14.6. The van der Waals surface area contributed by atoms with Gasteiger partial charge in [-0.3, -0.25) is 0 Å². The third-order valence-electron chi connectivity index (χ3n) is 4.42. The van der Waals surface area contributed by atoms with Gasteiger partial charge in [-0.25, -0.2) is 9.59 Å². The lowest BCUT2D eigenvalue weighted by Crippen LogP contribution is -2.19. The van der Waals surface area contributed by atoms with Crippen LogP contribution in [0.4, 0.5) is 4.79 Å². The summed E-state index contributed by atoms with van der Waals surface area (Å²) >= 11 is 0. The van der Waals surface area contributed by atoms with Gasteiger partial charge in [-0.15, -0.1) is 0 Å². The van der Waals surface area contributed by atoms with E-state index in [-0.39, 0.29) is 28.7 Å².